The summed E-state index contributed by atoms with van der Waals surface area (Å²) in [6.45, 7) is 3.72. The van der Waals surface area contributed by atoms with Crippen LogP contribution in [0.25, 0.3) is 0 Å². The van der Waals surface area contributed by atoms with Crippen LogP contribution in [0.3, 0.4) is 0 Å². The Morgan fingerprint density at radius 1 is 1.48 bits per heavy atom. The molecule has 0 radical (unpaired) electrons. The van der Waals surface area contributed by atoms with E-state index in [9.17, 15) is 14.0 Å². The Morgan fingerprint density at radius 2 is 2.17 bits per heavy atom. The Kier molecular flexibility index (Phi) is 5.26. The molecule has 2 rings (SSSR count). The molecule has 23 heavy (non-hydrogen) atoms. The molecule has 1 N–H and O–H groups in total. The average molecular weight is 341 g/mol. The lowest BCUT2D eigenvalue weighted by Crippen LogP contribution is -2.46. The molecule has 1 aliphatic rings. The molecule has 1 atom stereocenters. The van der Waals surface area contributed by atoms with E-state index >= 15 is 0 Å². The molecule has 0 saturated carbocycles. The van der Waals surface area contributed by atoms with Gasteiger partial charge in [-0.05, 0) is 25.5 Å². The van der Waals surface area contributed by atoms with Gasteiger partial charge >= 0.3 is 12.0 Å². The lowest BCUT2D eigenvalue weighted by atomic mass is 9.94. The van der Waals surface area contributed by atoms with Gasteiger partial charge in [0, 0.05) is 23.3 Å². The molecule has 0 bridgehead atoms. The lowest BCUT2D eigenvalue weighted by Gasteiger charge is -2.33. The first-order valence-electron chi connectivity index (χ1n) is 7.24. The summed E-state index contributed by atoms with van der Waals surface area (Å²) >= 11 is 6.09. The van der Waals surface area contributed by atoms with Gasteiger partial charge in [-0.3, -0.25) is 0 Å². The molecule has 124 valence electrons. The summed E-state index contributed by atoms with van der Waals surface area (Å²) in [5.41, 5.74) is 0.630. The van der Waals surface area contributed by atoms with Gasteiger partial charge in [0.25, 0.3) is 0 Å². The number of amides is 2. The number of carbonyl (C=O) groups excluding carboxylic acids is 2. The Morgan fingerprint density at radius 3 is 2.78 bits per heavy atom. The van der Waals surface area contributed by atoms with E-state index in [1.54, 1.807) is 6.92 Å². The second-order valence-corrected chi connectivity index (χ2v) is 5.62. The number of carbonyl (C=O) groups is 2. The van der Waals surface area contributed by atoms with Crippen molar-refractivity contribution >= 4 is 23.6 Å². The van der Waals surface area contributed by atoms with Crippen LogP contribution in [0.4, 0.5) is 9.18 Å². The third kappa shape index (κ3) is 3.32. The zero-order valence-electron chi connectivity index (χ0n) is 13.2. The van der Waals surface area contributed by atoms with Gasteiger partial charge in [0.05, 0.1) is 18.2 Å². The fourth-order valence-electron chi connectivity index (χ4n) is 2.38. The third-order valence-electron chi connectivity index (χ3n) is 3.70. The van der Waals surface area contributed by atoms with Gasteiger partial charge in [0.15, 0.2) is 0 Å². The van der Waals surface area contributed by atoms with Gasteiger partial charge < -0.3 is 15.0 Å². The summed E-state index contributed by atoms with van der Waals surface area (Å²) in [7, 11) is 1.52. The highest BCUT2D eigenvalue weighted by atomic mass is 35.5. The Bertz CT molecular complexity index is 655. The number of nitrogens with zero attached hydrogens (tertiary/aromatic N) is 1. The summed E-state index contributed by atoms with van der Waals surface area (Å²) in [5, 5.41) is 2.74. The number of ether oxygens (including phenoxy) is 1. The minimum absolute atomic E-state index is 0.0541. The van der Waals surface area contributed by atoms with Crippen LogP contribution in [0, 0.1) is 5.82 Å². The molecule has 7 heteroatoms. The second kappa shape index (κ2) is 7.00. The van der Waals surface area contributed by atoms with Crippen LogP contribution in [-0.2, 0) is 9.53 Å². The zero-order chi connectivity index (χ0) is 17.1. The van der Waals surface area contributed by atoms with Gasteiger partial charge in [-0.2, -0.15) is 0 Å². The zero-order valence-corrected chi connectivity index (χ0v) is 13.9. The second-order valence-electron chi connectivity index (χ2n) is 5.21. The standard InChI is InChI=1S/C16H18ClFN2O3/c1-4-8-23-15(21)12-9(2)20(3)16(22)19-14(12)13-10(17)6-5-7-11(13)18/h5-7,14H,4,8H2,1-3H3,(H,19,22). The SMILES string of the molecule is CCCOC(=O)C1=C(C)N(C)C(=O)NC1c1c(F)cccc1Cl. The number of hydrogen-bond donors (Lipinski definition) is 1. The first-order valence-corrected chi connectivity index (χ1v) is 7.62. The van der Waals surface area contributed by atoms with Crippen LogP contribution >= 0.6 is 11.6 Å². The predicted molar refractivity (Wildman–Crippen MR) is 84.4 cm³/mol. The van der Waals surface area contributed by atoms with Crippen molar-refractivity contribution in [3.8, 4) is 0 Å². The monoisotopic (exact) mass is 340 g/mol. The van der Waals surface area contributed by atoms with Crippen LogP contribution < -0.4 is 5.32 Å². The maximum Gasteiger partial charge on any atom is 0.338 e. The number of allylic oxidation sites excluding steroid dienone is 1. The molecule has 1 aromatic rings. The van der Waals surface area contributed by atoms with E-state index in [1.807, 2.05) is 6.92 Å². The van der Waals surface area contributed by atoms with Gasteiger partial charge in [-0.1, -0.05) is 24.6 Å². The number of urea groups is 1. The van der Waals surface area contributed by atoms with Crippen LogP contribution in [-0.4, -0.2) is 30.6 Å². The van der Waals surface area contributed by atoms with Crippen molar-refractivity contribution in [2.75, 3.05) is 13.7 Å². The molecule has 0 saturated heterocycles. The quantitative estimate of drug-likeness (QED) is 0.855. The molecule has 1 unspecified atom stereocenters. The minimum atomic E-state index is -0.989. The Hall–Kier alpha value is -2.08. The molecule has 0 aliphatic carbocycles. The molecular weight excluding hydrogens is 323 g/mol. The molecule has 1 heterocycles. The van der Waals surface area contributed by atoms with E-state index in [-0.39, 0.29) is 22.8 Å². The van der Waals surface area contributed by atoms with E-state index in [0.29, 0.717) is 12.1 Å². The van der Waals surface area contributed by atoms with E-state index in [1.165, 1.54) is 30.1 Å². The van der Waals surface area contributed by atoms with Crippen LogP contribution in [0.2, 0.25) is 5.02 Å². The van der Waals surface area contributed by atoms with Crippen molar-refractivity contribution in [2.24, 2.45) is 0 Å². The number of esters is 1. The summed E-state index contributed by atoms with van der Waals surface area (Å²) < 4.78 is 19.4. The number of halogens is 2. The van der Waals surface area contributed by atoms with E-state index in [0.717, 1.165) is 0 Å². The number of hydrogen-bond acceptors (Lipinski definition) is 3. The van der Waals surface area contributed by atoms with Crippen molar-refractivity contribution in [3.05, 3.63) is 45.9 Å². The highest BCUT2D eigenvalue weighted by Gasteiger charge is 2.37. The summed E-state index contributed by atoms with van der Waals surface area (Å²) in [5.74, 6) is -1.19. The lowest BCUT2D eigenvalue weighted by molar-refractivity contribution is -0.139. The molecule has 5 nitrogen and oxygen atoms in total. The molecule has 0 fully saturated rings. The van der Waals surface area contributed by atoms with E-state index in [4.69, 9.17) is 16.3 Å². The van der Waals surface area contributed by atoms with Crippen molar-refractivity contribution in [1.29, 1.82) is 0 Å². The summed E-state index contributed by atoms with van der Waals surface area (Å²) in [6, 6.07) is 2.77. The van der Waals surface area contributed by atoms with Crippen LogP contribution in [0.1, 0.15) is 31.9 Å². The number of benzene rings is 1. The summed E-state index contributed by atoms with van der Waals surface area (Å²) in [6.07, 6.45) is 0.658. The van der Waals surface area contributed by atoms with Gasteiger partial charge in [0.2, 0.25) is 0 Å². The topological polar surface area (TPSA) is 58.6 Å². The number of rotatable bonds is 4. The Labute approximate surface area is 139 Å². The van der Waals surface area contributed by atoms with E-state index < -0.39 is 23.9 Å². The predicted octanol–water partition coefficient (Wildman–Crippen LogP) is 3.40. The minimum Gasteiger partial charge on any atom is -0.462 e. The molecular formula is C16H18ClFN2O3. The van der Waals surface area contributed by atoms with Crippen LogP contribution in [0.5, 0.6) is 0 Å². The summed E-state index contributed by atoms with van der Waals surface area (Å²) in [4.78, 5) is 25.7. The highest BCUT2D eigenvalue weighted by Crippen LogP contribution is 2.35. The normalized spacial score (nSPS) is 18.0. The van der Waals surface area contributed by atoms with Crippen molar-refractivity contribution in [3.63, 3.8) is 0 Å². The molecule has 1 aromatic carbocycles. The maximum atomic E-state index is 14.3. The van der Waals surface area contributed by atoms with Gasteiger partial charge in [-0.25, -0.2) is 14.0 Å². The number of nitrogens with one attached hydrogen (secondary N) is 1. The highest BCUT2D eigenvalue weighted by molar-refractivity contribution is 6.31. The molecule has 2 amide bonds. The smallest absolute Gasteiger partial charge is 0.338 e. The fraction of sp³-hybridized carbons (Fsp3) is 0.375. The van der Waals surface area contributed by atoms with Gasteiger partial charge in [-0.15, -0.1) is 0 Å². The van der Waals surface area contributed by atoms with Crippen LogP contribution in [0.15, 0.2) is 29.5 Å². The fourth-order valence-corrected chi connectivity index (χ4v) is 2.65. The maximum absolute atomic E-state index is 14.3. The largest absolute Gasteiger partial charge is 0.462 e. The third-order valence-corrected chi connectivity index (χ3v) is 4.03. The van der Waals surface area contributed by atoms with Crippen molar-refractivity contribution in [2.45, 2.75) is 26.3 Å². The molecule has 0 spiro atoms. The van der Waals surface area contributed by atoms with Crippen molar-refractivity contribution in [1.82, 2.24) is 10.2 Å². The molecule has 0 aromatic heterocycles. The van der Waals surface area contributed by atoms with Gasteiger partial charge in [0.1, 0.15) is 5.82 Å². The average Bonchev–Trinajstić information content (AvgIpc) is 2.50. The first kappa shape index (κ1) is 17.3. The Balaban J connectivity index is 2.55. The van der Waals surface area contributed by atoms with Crippen molar-refractivity contribution < 1.29 is 18.7 Å². The first-order chi connectivity index (χ1) is 10.9. The van der Waals surface area contributed by atoms with E-state index in [2.05, 4.69) is 5.32 Å². The molecule has 1 aliphatic heterocycles.